The average Bonchev–Trinajstić information content (AvgIpc) is 2.88. The lowest BCUT2D eigenvalue weighted by molar-refractivity contribution is 0.599. The highest BCUT2D eigenvalue weighted by Crippen LogP contribution is 2.18. The number of aromatic nitrogens is 4. The molecule has 0 spiro atoms. The Morgan fingerprint density at radius 3 is 2.89 bits per heavy atom. The lowest BCUT2D eigenvalue weighted by Gasteiger charge is -2.00. The summed E-state index contributed by atoms with van der Waals surface area (Å²) in [5, 5.41) is 12.3. The Kier molecular flexibility index (Phi) is 3.59. The van der Waals surface area contributed by atoms with Gasteiger partial charge in [-0.2, -0.15) is 5.10 Å². The molecule has 0 aromatic carbocycles. The van der Waals surface area contributed by atoms with Crippen molar-refractivity contribution in [3.8, 4) is 0 Å². The van der Waals surface area contributed by atoms with E-state index in [1.54, 1.807) is 6.92 Å². The first kappa shape index (κ1) is 12.9. The maximum Gasteiger partial charge on any atom is 0.266 e. The number of nitrogens with one attached hydrogen (secondary N) is 1. The zero-order chi connectivity index (χ0) is 13.2. The summed E-state index contributed by atoms with van der Waals surface area (Å²) in [6, 6.07) is 0. The Hall–Kier alpha value is -1.52. The third kappa shape index (κ3) is 2.83. The van der Waals surface area contributed by atoms with Crippen LogP contribution < -0.4 is 10.5 Å². The number of nitrogens with two attached hydrogens (primary N) is 1. The van der Waals surface area contributed by atoms with E-state index in [0.29, 0.717) is 18.1 Å². The summed E-state index contributed by atoms with van der Waals surface area (Å²) in [5.74, 6) is 0. The maximum atomic E-state index is 12.0. The fourth-order valence-corrected chi connectivity index (χ4v) is 3.02. The van der Waals surface area contributed by atoms with Crippen LogP contribution in [0.5, 0.6) is 0 Å². The van der Waals surface area contributed by atoms with Gasteiger partial charge in [0.05, 0.1) is 12.7 Å². The van der Waals surface area contributed by atoms with Crippen LogP contribution in [0.25, 0.3) is 0 Å². The molecular formula is C8H12N6O2S2. The fourth-order valence-electron chi connectivity index (χ4n) is 1.25. The lowest BCUT2D eigenvalue weighted by atomic mass is 10.6. The van der Waals surface area contributed by atoms with E-state index in [2.05, 4.69) is 20.0 Å². The van der Waals surface area contributed by atoms with Gasteiger partial charge in [-0.1, -0.05) is 11.3 Å². The van der Waals surface area contributed by atoms with Crippen LogP contribution in [0, 0.1) is 6.92 Å². The van der Waals surface area contributed by atoms with Crippen molar-refractivity contribution in [2.75, 3.05) is 11.3 Å². The van der Waals surface area contributed by atoms with Crippen molar-refractivity contribution >= 4 is 26.5 Å². The van der Waals surface area contributed by atoms with E-state index in [1.165, 1.54) is 28.4 Å². The van der Waals surface area contributed by atoms with E-state index in [9.17, 15) is 8.42 Å². The normalized spacial score (nSPS) is 11.7. The Morgan fingerprint density at radius 2 is 2.28 bits per heavy atom. The molecule has 2 aromatic rings. The minimum Gasteiger partial charge on any atom is -0.329 e. The topological polar surface area (TPSA) is 116 Å². The molecule has 2 aromatic heterocycles. The van der Waals surface area contributed by atoms with Gasteiger partial charge in [0.1, 0.15) is 9.90 Å². The van der Waals surface area contributed by atoms with Crippen LogP contribution in [0.15, 0.2) is 17.3 Å². The minimum atomic E-state index is -3.66. The van der Waals surface area contributed by atoms with Crippen molar-refractivity contribution in [2.45, 2.75) is 18.4 Å². The molecule has 0 amide bonds. The smallest absolute Gasteiger partial charge is 0.266 e. The van der Waals surface area contributed by atoms with Gasteiger partial charge in [-0.3, -0.25) is 9.40 Å². The molecule has 0 aliphatic carbocycles. The molecule has 2 heterocycles. The number of sulfonamides is 1. The van der Waals surface area contributed by atoms with Crippen LogP contribution in [0.3, 0.4) is 0 Å². The lowest BCUT2D eigenvalue weighted by Crippen LogP contribution is -2.13. The second-order valence-corrected chi connectivity index (χ2v) is 6.32. The van der Waals surface area contributed by atoms with Gasteiger partial charge in [0.15, 0.2) is 0 Å². The number of anilines is 1. The minimum absolute atomic E-state index is 0.0730. The largest absolute Gasteiger partial charge is 0.329 e. The Labute approximate surface area is 108 Å². The first-order valence-corrected chi connectivity index (χ1v) is 7.36. The van der Waals surface area contributed by atoms with Crippen molar-refractivity contribution in [1.29, 1.82) is 0 Å². The molecule has 8 nitrogen and oxygen atoms in total. The number of nitrogens with zero attached hydrogens (tertiary/aromatic N) is 4. The second-order valence-electron chi connectivity index (χ2n) is 3.46. The van der Waals surface area contributed by atoms with Crippen LogP contribution in [0.1, 0.15) is 5.01 Å². The molecule has 0 fully saturated rings. The second kappa shape index (κ2) is 5.00. The van der Waals surface area contributed by atoms with Gasteiger partial charge in [-0.25, -0.2) is 8.42 Å². The number of hydrogen-bond acceptors (Lipinski definition) is 7. The molecule has 10 heteroatoms. The van der Waals surface area contributed by atoms with E-state index < -0.39 is 10.0 Å². The molecule has 0 bridgehead atoms. The van der Waals surface area contributed by atoms with Gasteiger partial charge in [-0.15, -0.1) is 10.2 Å². The zero-order valence-corrected chi connectivity index (χ0v) is 11.2. The Balaban J connectivity index is 2.19. The summed E-state index contributed by atoms with van der Waals surface area (Å²) in [6.45, 7) is 2.60. The van der Waals surface area contributed by atoms with Crippen molar-refractivity contribution in [3.05, 3.63) is 17.4 Å². The summed E-state index contributed by atoms with van der Waals surface area (Å²) in [5.41, 5.74) is 5.36. The zero-order valence-electron chi connectivity index (χ0n) is 9.57. The highest BCUT2D eigenvalue weighted by molar-refractivity contribution is 7.93. The predicted molar refractivity (Wildman–Crippen MR) is 66.7 cm³/mol. The summed E-state index contributed by atoms with van der Waals surface area (Å²) in [4.78, 5) is 0.0730. The van der Waals surface area contributed by atoms with E-state index in [-0.39, 0.29) is 10.0 Å². The first-order valence-electron chi connectivity index (χ1n) is 5.07. The van der Waals surface area contributed by atoms with E-state index >= 15 is 0 Å². The third-order valence-electron chi connectivity index (χ3n) is 2.03. The van der Waals surface area contributed by atoms with Gasteiger partial charge in [0.25, 0.3) is 10.0 Å². The molecule has 3 N–H and O–H groups in total. The number of hydrogen-bond donors (Lipinski definition) is 2. The van der Waals surface area contributed by atoms with Gasteiger partial charge >= 0.3 is 0 Å². The highest BCUT2D eigenvalue weighted by atomic mass is 32.2. The third-order valence-corrected chi connectivity index (χ3v) is 4.20. The molecule has 0 saturated carbocycles. The summed E-state index contributed by atoms with van der Waals surface area (Å²) in [7, 11) is -3.66. The summed E-state index contributed by atoms with van der Waals surface area (Å²) in [6.07, 6.45) is 2.69. The number of rotatable bonds is 5. The van der Waals surface area contributed by atoms with Crippen LogP contribution >= 0.6 is 11.3 Å². The highest BCUT2D eigenvalue weighted by Gasteiger charge is 2.18. The average molecular weight is 288 g/mol. The van der Waals surface area contributed by atoms with Crippen molar-refractivity contribution in [1.82, 2.24) is 20.0 Å². The molecular weight excluding hydrogens is 276 g/mol. The Bertz CT molecular complexity index is 632. The van der Waals surface area contributed by atoms with Gasteiger partial charge in [0.2, 0.25) is 5.13 Å². The molecule has 0 radical (unpaired) electrons. The van der Waals surface area contributed by atoms with Gasteiger partial charge in [0, 0.05) is 12.7 Å². The standard InChI is InChI=1S/C8H12N6O2S2/c1-6-11-12-8(17-6)13-18(15,16)7-4-10-14(5-7)3-2-9/h4-5H,2-3,9H2,1H3,(H,12,13). The van der Waals surface area contributed by atoms with Gasteiger partial charge in [-0.05, 0) is 6.92 Å². The molecule has 0 unspecified atom stereocenters. The summed E-state index contributed by atoms with van der Waals surface area (Å²) < 4.78 is 27.8. The molecule has 0 aliphatic heterocycles. The van der Waals surface area contributed by atoms with E-state index in [0.717, 1.165) is 0 Å². The van der Waals surface area contributed by atoms with Crippen LogP contribution in [0.2, 0.25) is 0 Å². The Morgan fingerprint density at radius 1 is 1.50 bits per heavy atom. The van der Waals surface area contributed by atoms with Crippen LogP contribution in [0.4, 0.5) is 5.13 Å². The fraction of sp³-hybridized carbons (Fsp3) is 0.375. The molecule has 2 rings (SSSR count). The van der Waals surface area contributed by atoms with Gasteiger partial charge < -0.3 is 5.73 Å². The maximum absolute atomic E-state index is 12.0. The predicted octanol–water partition coefficient (Wildman–Crippen LogP) is -0.197. The summed E-state index contributed by atoms with van der Waals surface area (Å²) >= 11 is 1.17. The van der Waals surface area contributed by atoms with Crippen LogP contribution in [-0.2, 0) is 16.6 Å². The van der Waals surface area contributed by atoms with Crippen molar-refractivity contribution in [3.63, 3.8) is 0 Å². The van der Waals surface area contributed by atoms with Crippen LogP contribution in [-0.4, -0.2) is 34.9 Å². The van der Waals surface area contributed by atoms with E-state index in [1.807, 2.05) is 0 Å². The first-order chi connectivity index (χ1) is 8.51. The number of aryl methyl sites for hydroxylation is 1. The molecule has 0 aliphatic rings. The van der Waals surface area contributed by atoms with Crippen molar-refractivity contribution in [2.24, 2.45) is 5.73 Å². The quantitative estimate of drug-likeness (QED) is 0.787. The molecule has 98 valence electrons. The van der Waals surface area contributed by atoms with E-state index in [4.69, 9.17) is 5.73 Å². The van der Waals surface area contributed by atoms with Crippen molar-refractivity contribution < 1.29 is 8.42 Å². The monoisotopic (exact) mass is 288 g/mol. The SMILES string of the molecule is Cc1nnc(NS(=O)(=O)c2cnn(CCN)c2)s1. The molecule has 0 saturated heterocycles. The molecule has 0 atom stereocenters. The molecule has 18 heavy (non-hydrogen) atoms.